The largest absolute Gasteiger partial charge is 0.450 e. The minimum atomic E-state index is -0.159. The second-order valence-corrected chi connectivity index (χ2v) is 5.97. The number of nitrogens with one attached hydrogen (secondary N) is 2. The van der Waals surface area contributed by atoms with E-state index in [1.165, 1.54) is 0 Å². The van der Waals surface area contributed by atoms with Crippen LogP contribution in [-0.4, -0.2) is 50.1 Å². The van der Waals surface area contributed by atoms with Crippen molar-refractivity contribution in [1.82, 2.24) is 15.5 Å². The molecule has 1 saturated heterocycles. The molecular formula is C15H18BrN3O2. The second-order valence-electron chi connectivity index (χ2n) is 5.12. The molecule has 1 fully saturated rings. The van der Waals surface area contributed by atoms with Crippen LogP contribution in [-0.2, 0) is 0 Å². The molecule has 0 radical (unpaired) electrons. The van der Waals surface area contributed by atoms with Gasteiger partial charge >= 0.3 is 0 Å². The van der Waals surface area contributed by atoms with E-state index in [2.05, 4.69) is 31.5 Å². The van der Waals surface area contributed by atoms with Crippen LogP contribution in [0.3, 0.4) is 0 Å². The zero-order valence-electron chi connectivity index (χ0n) is 11.7. The van der Waals surface area contributed by atoms with E-state index in [-0.39, 0.29) is 5.91 Å². The normalized spacial score (nSPS) is 16.2. The standard InChI is InChI=1S/C15H18BrN3O2/c16-12-3-1-2-11-10-13(21-14(11)12)15(20)18-6-9-19-7-4-17-5-8-19/h1-3,10,17H,4-9H2,(H,18,20). The summed E-state index contributed by atoms with van der Waals surface area (Å²) in [6.45, 7) is 5.62. The van der Waals surface area contributed by atoms with Gasteiger partial charge in [0.2, 0.25) is 0 Å². The van der Waals surface area contributed by atoms with Crippen molar-refractivity contribution >= 4 is 32.8 Å². The van der Waals surface area contributed by atoms with E-state index in [1.54, 1.807) is 6.07 Å². The number of piperazine rings is 1. The van der Waals surface area contributed by atoms with E-state index in [1.807, 2.05) is 18.2 Å². The van der Waals surface area contributed by atoms with Crippen LogP contribution in [0.4, 0.5) is 0 Å². The minimum Gasteiger partial charge on any atom is -0.450 e. The molecule has 1 aromatic heterocycles. The number of hydrogen-bond acceptors (Lipinski definition) is 4. The van der Waals surface area contributed by atoms with Crippen molar-refractivity contribution in [3.05, 3.63) is 34.5 Å². The highest BCUT2D eigenvalue weighted by Gasteiger charge is 2.14. The molecule has 0 unspecified atom stereocenters. The number of para-hydroxylation sites is 1. The van der Waals surface area contributed by atoms with Crippen LogP contribution in [0.2, 0.25) is 0 Å². The van der Waals surface area contributed by atoms with Gasteiger partial charge in [0.05, 0.1) is 4.47 Å². The monoisotopic (exact) mass is 351 g/mol. The molecule has 112 valence electrons. The maximum absolute atomic E-state index is 12.1. The molecule has 6 heteroatoms. The summed E-state index contributed by atoms with van der Waals surface area (Å²) in [5, 5.41) is 7.16. The first kappa shape index (κ1) is 14.6. The summed E-state index contributed by atoms with van der Waals surface area (Å²) in [5.41, 5.74) is 0.713. The van der Waals surface area contributed by atoms with Crippen molar-refractivity contribution in [2.24, 2.45) is 0 Å². The highest BCUT2D eigenvalue weighted by Crippen LogP contribution is 2.26. The van der Waals surface area contributed by atoms with Gasteiger partial charge in [0.25, 0.3) is 5.91 Å². The highest BCUT2D eigenvalue weighted by atomic mass is 79.9. The van der Waals surface area contributed by atoms with Gasteiger partial charge in [-0.05, 0) is 28.1 Å². The summed E-state index contributed by atoms with van der Waals surface area (Å²) in [4.78, 5) is 14.5. The third-order valence-corrected chi connectivity index (χ3v) is 4.27. The van der Waals surface area contributed by atoms with Crippen LogP contribution in [0.25, 0.3) is 11.0 Å². The van der Waals surface area contributed by atoms with Crippen molar-refractivity contribution in [2.75, 3.05) is 39.3 Å². The van der Waals surface area contributed by atoms with Crippen molar-refractivity contribution in [1.29, 1.82) is 0 Å². The molecule has 21 heavy (non-hydrogen) atoms. The van der Waals surface area contributed by atoms with Gasteiger partial charge < -0.3 is 15.1 Å². The summed E-state index contributed by atoms with van der Waals surface area (Å²) in [7, 11) is 0. The maximum Gasteiger partial charge on any atom is 0.287 e. The van der Waals surface area contributed by atoms with Crippen LogP contribution < -0.4 is 10.6 Å². The molecule has 1 amide bonds. The Morgan fingerprint density at radius 3 is 2.95 bits per heavy atom. The first-order valence-corrected chi connectivity index (χ1v) is 7.93. The van der Waals surface area contributed by atoms with Gasteiger partial charge in [-0.15, -0.1) is 0 Å². The van der Waals surface area contributed by atoms with Crippen molar-refractivity contribution in [3.8, 4) is 0 Å². The maximum atomic E-state index is 12.1. The Hall–Kier alpha value is -1.37. The fourth-order valence-electron chi connectivity index (χ4n) is 2.49. The van der Waals surface area contributed by atoms with Crippen LogP contribution in [0.5, 0.6) is 0 Å². The number of fused-ring (bicyclic) bond motifs is 1. The van der Waals surface area contributed by atoms with E-state index in [9.17, 15) is 4.79 Å². The molecule has 1 aliphatic rings. The molecule has 0 aliphatic carbocycles. The van der Waals surface area contributed by atoms with Crippen LogP contribution in [0, 0.1) is 0 Å². The predicted molar refractivity (Wildman–Crippen MR) is 85.6 cm³/mol. The van der Waals surface area contributed by atoms with E-state index >= 15 is 0 Å². The van der Waals surface area contributed by atoms with Gasteiger partial charge in [0.15, 0.2) is 5.76 Å². The number of nitrogens with zero attached hydrogens (tertiary/aromatic N) is 1. The lowest BCUT2D eigenvalue weighted by atomic mass is 10.2. The Labute approximate surface area is 131 Å². The zero-order valence-corrected chi connectivity index (χ0v) is 13.3. The van der Waals surface area contributed by atoms with Crippen LogP contribution in [0.15, 0.2) is 33.2 Å². The number of amides is 1. The number of halogens is 1. The van der Waals surface area contributed by atoms with Crippen molar-refractivity contribution in [2.45, 2.75) is 0 Å². The molecule has 0 spiro atoms. The average Bonchev–Trinajstić information content (AvgIpc) is 2.94. The number of rotatable bonds is 4. The molecule has 3 rings (SSSR count). The molecule has 2 heterocycles. The summed E-state index contributed by atoms with van der Waals surface area (Å²) in [6, 6.07) is 7.53. The van der Waals surface area contributed by atoms with E-state index in [4.69, 9.17) is 4.42 Å². The Kier molecular flexibility index (Phi) is 4.57. The van der Waals surface area contributed by atoms with Gasteiger partial charge in [-0.3, -0.25) is 9.69 Å². The summed E-state index contributed by atoms with van der Waals surface area (Å²) in [5.74, 6) is 0.199. The number of hydrogen-bond donors (Lipinski definition) is 2. The number of benzene rings is 1. The molecule has 1 aromatic carbocycles. The lowest BCUT2D eigenvalue weighted by Gasteiger charge is -2.26. The summed E-state index contributed by atoms with van der Waals surface area (Å²) >= 11 is 3.43. The van der Waals surface area contributed by atoms with Gasteiger partial charge in [0.1, 0.15) is 5.58 Å². The Morgan fingerprint density at radius 2 is 2.19 bits per heavy atom. The first-order valence-electron chi connectivity index (χ1n) is 7.13. The Morgan fingerprint density at radius 1 is 1.38 bits per heavy atom. The van der Waals surface area contributed by atoms with Gasteiger partial charge in [-0.1, -0.05) is 12.1 Å². The third kappa shape index (κ3) is 3.45. The third-order valence-electron chi connectivity index (χ3n) is 3.64. The van der Waals surface area contributed by atoms with Gasteiger partial charge in [-0.25, -0.2) is 0 Å². The molecule has 0 bridgehead atoms. The lowest BCUT2D eigenvalue weighted by Crippen LogP contribution is -2.46. The number of carbonyl (C=O) groups excluding carboxylic acids is 1. The Balaban J connectivity index is 1.57. The van der Waals surface area contributed by atoms with E-state index in [0.29, 0.717) is 17.9 Å². The molecule has 5 nitrogen and oxygen atoms in total. The summed E-state index contributed by atoms with van der Waals surface area (Å²) in [6.07, 6.45) is 0. The molecule has 2 N–H and O–H groups in total. The predicted octanol–water partition coefficient (Wildman–Crippen LogP) is 1.83. The topological polar surface area (TPSA) is 57.5 Å². The van der Waals surface area contributed by atoms with E-state index < -0.39 is 0 Å². The fourth-order valence-corrected chi connectivity index (χ4v) is 2.95. The molecule has 0 saturated carbocycles. The molecule has 1 aliphatic heterocycles. The fraction of sp³-hybridized carbons (Fsp3) is 0.400. The SMILES string of the molecule is O=C(NCCN1CCNCC1)c1cc2cccc(Br)c2o1. The van der Waals surface area contributed by atoms with Gasteiger partial charge in [-0.2, -0.15) is 0 Å². The first-order chi connectivity index (χ1) is 10.2. The number of furan rings is 1. The summed E-state index contributed by atoms with van der Waals surface area (Å²) < 4.78 is 6.48. The smallest absolute Gasteiger partial charge is 0.287 e. The zero-order chi connectivity index (χ0) is 14.7. The van der Waals surface area contributed by atoms with Crippen LogP contribution in [0.1, 0.15) is 10.6 Å². The molecule has 0 atom stereocenters. The van der Waals surface area contributed by atoms with Crippen LogP contribution >= 0.6 is 15.9 Å². The second kappa shape index (κ2) is 6.60. The van der Waals surface area contributed by atoms with Crippen molar-refractivity contribution < 1.29 is 9.21 Å². The molecular weight excluding hydrogens is 334 g/mol. The van der Waals surface area contributed by atoms with Gasteiger partial charge in [0, 0.05) is 44.7 Å². The number of carbonyl (C=O) groups is 1. The lowest BCUT2D eigenvalue weighted by molar-refractivity contribution is 0.0921. The van der Waals surface area contributed by atoms with E-state index in [0.717, 1.165) is 42.6 Å². The highest BCUT2D eigenvalue weighted by molar-refractivity contribution is 9.10. The minimum absolute atomic E-state index is 0.159. The van der Waals surface area contributed by atoms with Crippen molar-refractivity contribution in [3.63, 3.8) is 0 Å². The quantitative estimate of drug-likeness (QED) is 0.882. The average molecular weight is 352 g/mol. The Bertz CT molecular complexity index is 635. The molecule has 2 aromatic rings.